The van der Waals surface area contributed by atoms with E-state index in [1.54, 1.807) is 24.3 Å². The summed E-state index contributed by atoms with van der Waals surface area (Å²) >= 11 is 0. The average molecular weight is 1030 g/mol. The summed E-state index contributed by atoms with van der Waals surface area (Å²) < 4.78 is 26.4. The molecule has 0 atom stereocenters. The van der Waals surface area contributed by atoms with Crippen LogP contribution in [0.25, 0.3) is 21.5 Å². The Morgan fingerprint density at radius 3 is 1.38 bits per heavy atom. The first-order chi connectivity index (χ1) is 36.9. The van der Waals surface area contributed by atoms with Gasteiger partial charge in [-0.3, -0.25) is 4.79 Å². The number of fused-ring (bicyclic) bond motifs is 2. The van der Waals surface area contributed by atoms with Crippen molar-refractivity contribution >= 4 is 45.9 Å². The Kier molecular flexibility index (Phi) is 29.6. The standard InChI is InChI=1S/C28H28O6.C27H24O6.C6H14.C3H6/c1-2-14-34-28(31)26-18-22(9-13-27(26)30)7-6-21-8-10-24-19-25(12-11-23(24)17-21)33-16-5-3-4-15-32-20-29;1-2-26(29)33-15-5-3-4-14-32-23-12-11-21-16-19(8-10-22(21)18-23)6-7-20-9-13-25(28)24(17-20)27(30)31;1-3-5-6-4-2;1-3-2/h8-13,17-20,30H,2-5,14-16H2,1H3;2,8-13,16-18,28H,1,3-5,14-15H2,(H,30,31);3-6H2,1-2H3;3H,1H2,2H3. The number of unbranched alkanes of at least 4 members (excludes halogenated alkanes) is 7. The molecule has 0 spiro atoms. The lowest BCUT2D eigenvalue weighted by molar-refractivity contribution is -0.137. The summed E-state index contributed by atoms with van der Waals surface area (Å²) in [5.41, 5.74) is 2.68. The lowest BCUT2D eigenvalue weighted by Crippen LogP contribution is -2.06. The molecule has 12 nitrogen and oxygen atoms in total. The summed E-state index contributed by atoms with van der Waals surface area (Å²) in [6.45, 7) is 17.8. The van der Waals surface area contributed by atoms with Gasteiger partial charge < -0.3 is 39.0 Å². The molecule has 6 aromatic rings. The van der Waals surface area contributed by atoms with E-state index in [4.69, 9.17) is 24.1 Å². The highest BCUT2D eigenvalue weighted by Gasteiger charge is 2.13. The fourth-order valence-corrected chi connectivity index (χ4v) is 6.91. The number of carbonyl (C=O) groups excluding carboxylic acids is 3. The van der Waals surface area contributed by atoms with Crippen molar-refractivity contribution in [1.82, 2.24) is 0 Å². The van der Waals surface area contributed by atoms with Gasteiger partial charge in [-0.05, 0) is 158 Å². The smallest absolute Gasteiger partial charge is 0.341 e. The first kappa shape index (κ1) is 61.8. The van der Waals surface area contributed by atoms with E-state index in [0.29, 0.717) is 57.1 Å². The molecule has 0 amide bonds. The number of rotatable bonds is 23. The number of aromatic carboxylic acids is 1. The van der Waals surface area contributed by atoms with E-state index in [2.05, 4.69) is 55.4 Å². The van der Waals surface area contributed by atoms with E-state index in [1.807, 2.05) is 86.6 Å². The van der Waals surface area contributed by atoms with Gasteiger partial charge in [0.05, 0.1) is 33.0 Å². The number of aromatic hydroxyl groups is 2. The Labute approximate surface area is 448 Å². The molecule has 12 heteroatoms. The maximum absolute atomic E-state index is 12.1. The molecule has 0 unspecified atom stereocenters. The molecule has 0 aliphatic heterocycles. The molecule has 3 N–H and O–H groups in total. The molecule has 76 heavy (non-hydrogen) atoms. The highest BCUT2D eigenvalue weighted by Crippen LogP contribution is 2.25. The Hall–Kier alpha value is -8.48. The fraction of sp³-hybridized carbons (Fsp3) is 0.312. The SMILES string of the molecule is C=CC.C=CC(=O)OCCCCCOc1ccc2cc(C#Cc3ccc(O)c(C(=O)O)c3)ccc2c1.CCCCCC.CCCOC(=O)c1cc(C#Cc2ccc3cc(OCCCCCOC=O)ccc3c2)ccc1O. The van der Waals surface area contributed by atoms with Crippen molar-refractivity contribution in [1.29, 1.82) is 0 Å². The zero-order valence-corrected chi connectivity index (χ0v) is 44.4. The van der Waals surface area contributed by atoms with Crippen molar-refractivity contribution in [3.05, 3.63) is 168 Å². The van der Waals surface area contributed by atoms with Gasteiger partial charge in [-0.2, -0.15) is 0 Å². The van der Waals surface area contributed by atoms with Gasteiger partial charge in [-0.1, -0.05) is 107 Å². The molecule has 6 aromatic carbocycles. The lowest BCUT2D eigenvalue weighted by atomic mass is 10.1. The number of hydrogen-bond donors (Lipinski definition) is 3. The van der Waals surface area contributed by atoms with Gasteiger partial charge in [0.25, 0.3) is 6.47 Å². The van der Waals surface area contributed by atoms with Crippen LogP contribution in [0, 0.1) is 23.7 Å². The highest BCUT2D eigenvalue weighted by atomic mass is 16.5. The Morgan fingerprint density at radius 1 is 0.500 bits per heavy atom. The number of phenols is 2. The number of hydrogen-bond acceptors (Lipinski definition) is 11. The summed E-state index contributed by atoms with van der Waals surface area (Å²) in [5, 5.41) is 32.8. The van der Waals surface area contributed by atoms with Gasteiger partial charge in [0.15, 0.2) is 0 Å². The third kappa shape index (κ3) is 23.6. The summed E-state index contributed by atoms with van der Waals surface area (Å²) in [4.78, 5) is 44.3. The molecule has 0 saturated carbocycles. The van der Waals surface area contributed by atoms with E-state index in [-0.39, 0.29) is 22.6 Å². The second kappa shape index (κ2) is 36.4. The van der Waals surface area contributed by atoms with Gasteiger partial charge >= 0.3 is 17.9 Å². The molecule has 0 saturated heterocycles. The summed E-state index contributed by atoms with van der Waals surface area (Å²) in [6.07, 6.45) is 14.4. The minimum atomic E-state index is -1.20. The molecule has 400 valence electrons. The Morgan fingerprint density at radius 2 is 0.921 bits per heavy atom. The van der Waals surface area contributed by atoms with Crippen molar-refractivity contribution in [2.45, 2.75) is 98.3 Å². The molecule has 0 heterocycles. The average Bonchev–Trinajstić information content (AvgIpc) is 3.43. The summed E-state index contributed by atoms with van der Waals surface area (Å²) in [7, 11) is 0. The third-order valence-corrected chi connectivity index (χ3v) is 10.9. The van der Waals surface area contributed by atoms with Crippen LogP contribution in [0.15, 0.2) is 135 Å². The molecule has 0 aliphatic carbocycles. The van der Waals surface area contributed by atoms with Gasteiger partial charge in [0, 0.05) is 28.3 Å². The highest BCUT2D eigenvalue weighted by molar-refractivity contribution is 5.93. The van der Waals surface area contributed by atoms with Crippen LogP contribution in [0.2, 0.25) is 0 Å². The van der Waals surface area contributed by atoms with Crippen LogP contribution in [0.5, 0.6) is 23.0 Å². The van der Waals surface area contributed by atoms with E-state index in [0.717, 1.165) is 88.8 Å². The topological polar surface area (TPSA) is 175 Å². The summed E-state index contributed by atoms with van der Waals surface area (Å²) in [6, 6.07) is 32.4. The van der Waals surface area contributed by atoms with E-state index >= 15 is 0 Å². The first-order valence-electron chi connectivity index (χ1n) is 25.7. The normalized spacial score (nSPS) is 9.89. The lowest BCUT2D eigenvalue weighted by Gasteiger charge is -2.08. The molecule has 0 radical (unpaired) electrons. The molecule has 6 rings (SSSR count). The van der Waals surface area contributed by atoms with Gasteiger partial charge in [-0.25, -0.2) is 14.4 Å². The number of carbonyl (C=O) groups is 4. The van der Waals surface area contributed by atoms with Crippen LogP contribution >= 0.6 is 0 Å². The van der Waals surface area contributed by atoms with Crippen molar-refractivity contribution in [2.75, 3.05) is 33.0 Å². The minimum absolute atomic E-state index is 0.112. The predicted molar refractivity (Wildman–Crippen MR) is 301 cm³/mol. The molecule has 0 aromatic heterocycles. The number of carboxylic acids is 1. The molecular weight excluding hydrogens is 961 g/mol. The first-order valence-corrected chi connectivity index (χ1v) is 25.7. The van der Waals surface area contributed by atoms with Crippen LogP contribution < -0.4 is 9.47 Å². The van der Waals surface area contributed by atoms with E-state index in [9.17, 15) is 29.4 Å². The van der Waals surface area contributed by atoms with Crippen LogP contribution in [-0.4, -0.2) is 72.7 Å². The molecule has 0 aliphatic rings. The van der Waals surface area contributed by atoms with Crippen molar-refractivity contribution in [3.63, 3.8) is 0 Å². The van der Waals surface area contributed by atoms with Crippen LogP contribution in [0.4, 0.5) is 0 Å². The van der Waals surface area contributed by atoms with Crippen molar-refractivity contribution in [3.8, 4) is 46.7 Å². The largest absolute Gasteiger partial charge is 0.507 e. The fourth-order valence-electron chi connectivity index (χ4n) is 6.91. The number of esters is 2. The second-order valence-corrected chi connectivity index (χ2v) is 17.1. The van der Waals surface area contributed by atoms with Gasteiger partial charge in [0.2, 0.25) is 0 Å². The maximum atomic E-state index is 12.1. The van der Waals surface area contributed by atoms with Gasteiger partial charge in [-0.15, -0.1) is 6.58 Å². The zero-order valence-electron chi connectivity index (χ0n) is 44.4. The molecule has 0 bridgehead atoms. The number of benzene rings is 6. The number of carboxylic acid groups (broad SMARTS) is 1. The van der Waals surface area contributed by atoms with Crippen molar-refractivity contribution in [2.24, 2.45) is 0 Å². The van der Waals surface area contributed by atoms with Crippen LogP contribution in [0.3, 0.4) is 0 Å². The van der Waals surface area contributed by atoms with Crippen molar-refractivity contribution < 1.29 is 58.2 Å². The number of ether oxygens (including phenoxy) is 5. The van der Waals surface area contributed by atoms with E-state index in [1.165, 1.54) is 43.9 Å². The minimum Gasteiger partial charge on any atom is -0.507 e. The summed E-state index contributed by atoms with van der Waals surface area (Å²) in [5.74, 6) is 11.1. The second-order valence-electron chi connectivity index (χ2n) is 17.1. The Balaban J connectivity index is 0.000000345. The number of phenolic OH excluding ortho intramolecular Hbond substituents is 1. The van der Waals surface area contributed by atoms with E-state index < -0.39 is 17.9 Å². The predicted octanol–water partition coefficient (Wildman–Crippen LogP) is 13.9. The monoisotopic (exact) mass is 1030 g/mol. The van der Waals surface area contributed by atoms with Gasteiger partial charge in [0.1, 0.15) is 34.1 Å². The zero-order chi connectivity index (χ0) is 55.3. The van der Waals surface area contributed by atoms with Crippen LogP contribution in [-0.2, 0) is 23.8 Å². The number of allylic oxidation sites excluding steroid dienone is 1. The maximum Gasteiger partial charge on any atom is 0.341 e. The third-order valence-electron chi connectivity index (χ3n) is 10.9. The molecular formula is C64H72O12. The molecule has 0 fully saturated rings. The quantitative estimate of drug-likeness (QED) is 0.0105. The Bertz CT molecular complexity index is 2930. The van der Waals surface area contributed by atoms with Crippen LogP contribution in [0.1, 0.15) is 141 Å².